The molecule has 2 N–H and O–H groups in total. The van der Waals surface area contributed by atoms with Crippen LogP contribution in [0.5, 0.6) is 11.5 Å². The van der Waals surface area contributed by atoms with Crippen LogP contribution in [0.4, 0.5) is 0 Å². The first-order valence-corrected chi connectivity index (χ1v) is 8.68. The quantitative estimate of drug-likeness (QED) is 0.640. The Morgan fingerprint density at radius 1 is 1.08 bits per heavy atom. The number of nitrogens with one attached hydrogen (secondary N) is 2. The average Bonchev–Trinajstić information content (AvgIpc) is 2.94. The Bertz CT molecular complexity index is 898. The fourth-order valence-corrected chi connectivity index (χ4v) is 2.98. The molecule has 3 aromatic rings. The van der Waals surface area contributed by atoms with Crippen molar-refractivity contribution in [3.05, 3.63) is 59.3 Å². The fourth-order valence-electron chi connectivity index (χ4n) is 2.98. The zero-order valence-corrected chi connectivity index (χ0v) is 15.4. The van der Waals surface area contributed by atoms with Gasteiger partial charge in [-0.3, -0.25) is 4.79 Å². The van der Waals surface area contributed by atoms with Crippen LogP contribution < -0.4 is 14.8 Å². The number of aromatic nitrogens is 1. The van der Waals surface area contributed by atoms with Crippen molar-refractivity contribution >= 4 is 16.8 Å². The van der Waals surface area contributed by atoms with E-state index in [-0.39, 0.29) is 5.91 Å². The van der Waals surface area contributed by atoms with Crippen molar-refractivity contribution in [2.75, 3.05) is 20.3 Å². The van der Waals surface area contributed by atoms with Crippen molar-refractivity contribution in [1.29, 1.82) is 0 Å². The lowest BCUT2D eigenvalue weighted by molar-refractivity contribution is -0.120. The van der Waals surface area contributed by atoms with Crippen LogP contribution in [0.25, 0.3) is 10.9 Å². The van der Waals surface area contributed by atoms with Crippen molar-refractivity contribution in [2.45, 2.75) is 20.3 Å². The van der Waals surface area contributed by atoms with E-state index in [9.17, 15) is 4.79 Å². The summed E-state index contributed by atoms with van der Waals surface area (Å²) in [6.07, 6.45) is 0.359. The standard InChI is InChI=1S/C21H24N2O3/c1-14-4-9-20-19(12-14)18(15(2)23-20)13-21(24)22-10-11-26-17-7-5-16(25-3)6-8-17/h4-9,12,23H,10-11,13H2,1-3H3,(H,22,24). The van der Waals surface area contributed by atoms with Gasteiger partial charge in [0.2, 0.25) is 5.91 Å². The summed E-state index contributed by atoms with van der Waals surface area (Å²) in [6.45, 7) is 4.95. The van der Waals surface area contributed by atoms with Crippen molar-refractivity contribution in [2.24, 2.45) is 0 Å². The van der Waals surface area contributed by atoms with Crippen LogP contribution in [-0.2, 0) is 11.2 Å². The number of ether oxygens (including phenoxy) is 2. The number of hydrogen-bond donors (Lipinski definition) is 2. The Balaban J connectivity index is 1.51. The minimum atomic E-state index is -0.00571. The summed E-state index contributed by atoms with van der Waals surface area (Å²) in [5.74, 6) is 1.53. The van der Waals surface area contributed by atoms with Crippen LogP contribution in [0.1, 0.15) is 16.8 Å². The van der Waals surface area contributed by atoms with E-state index < -0.39 is 0 Å². The molecule has 0 spiro atoms. The van der Waals surface area contributed by atoms with E-state index in [1.165, 1.54) is 5.56 Å². The lowest BCUT2D eigenvalue weighted by Gasteiger charge is -2.09. The van der Waals surface area contributed by atoms with E-state index in [0.29, 0.717) is 19.6 Å². The summed E-state index contributed by atoms with van der Waals surface area (Å²) >= 11 is 0. The predicted molar refractivity (Wildman–Crippen MR) is 103 cm³/mol. The number of aromatic amines is 1. The third kappa shape index (κ3) is 4.17. The fraction of sp³-hybridized carbons (Fsp3) is 0.286. The normalized spacial score (nSPS) is 10.7. The third-order valence-corrected chi connectivity index (χ3v) is 4.36. The monoisotopic (exact) mass is 352 g/mol. The molecule has 3 rings (SSSR count). The van der Waals surface area contributed by atoms with Gasteiger partial charge in [0.1, 0.15) is 18.1 Å². The van der Waals surface area contributed by atoms with Crippen LogP contribution in [0, 0.1) is 13.8 Å². The predicted octanol–water partition coefficient (Wildman–Crippen LogP) is 3.53. The lowest BCUT2D eigenvalue weighted by atomic mass is 10.1. The molecule has 1 heterocycles. The number of benzene rings is 2. The van der Waals surface area contributed by atoms with Crippen LogP contribution >= 0.6 is 0 Å². The smallest absolute Gasteiger partial charge is 0.224 e. The highest BCUT2D eigenvalue weighted by molar-refractivity contribution is 5.90. The van der Waals surface area contributed by atoms with Gasteiger partial charge >= 0.3 is 0 Å². The van der Waals surface area contributed by atoms with Crippen LogP contribution in [0.2, 0.25) is 0 Å². The van der Waals surface area contributed by atoms with Gasteiger partial charge in [-0.15, -0.1) is 0 Å². The van der Waals surface area contributed by atoms with Gasteiger partial charge in [-0.05, 0) is 55.8 Å². The first-order chi connectivity index (χ1) is 12.6. The van der Waals surface area contributed by atoms with E-state index >= 15 is 0 Å². The molecular weight excluding hydrogens is 328 g/mol. The van der Waals surface area contributed by atoms with Gasteiger partial charge in [-0.1, -0.05) is 11.6 Å². The summed E-state index contributed by atoms with van der Waals surface area (Å²) in [7, 11) is 1.63. The molecule has 136 valence electrons. The lowest BCUT2D eigenvalue weighted by Crippen LogP contribution is -2.29. The summed E-state index contributed by atoms with van der Waals surface area (Å²) < 4.78 is 10.7. The molecule has 5 heteroatoms. The minimum absolute atomic E-state index is 0.00571. The van der Waals surface area contributed by atoms with Gasteiger partial charge < -0.3 is 19.8 Å². The van der Waals surface area contributed by atoms with Gasteiger partial charge in [-0.2, -0.15) is 0 Å². The topological polar surface area (TPSA) is 63.4 Å². The number of aryl methyl sites for hydroxylation is 2. The Hall–Kier alpha value is -2.95. The molecule has 0 saturated carbocycles. The molecular formula is C21H24N2O3. The summed E-state index contributed by atoms with van der Waals surface area (Å²) in [4.78, 5) is 15.6. The molecule has 1 amide bonds. The maximum Gasteiger partial charge on any atom is 0.224 e. The van der Waals surface area contributed by atoms with Crippen LogP contribution in [0.3, 0.4) is 0 Å². The summed E-state index contributed by atoms with van der Waals surface area (Å²) in [5, 5.41) is 4.04. The van der Waals surface area contributed by atoms with E-state index in [1.807, 2.05) is 31.2 Å². The zero-order valence-electron chi connectivity index (χ0n) is 15.4. The average molecular weight is 352 g/mol. The number of carbonyl (C=O) groups excluding carboxylic acids is 1. The molecule has 0 aliphatic rings. The third-order valence-electron chi connectivity index (χ3n) is 4.36. The van der Waals surface area contributed by atoms with Gasteiger partial charge in [0.05, 0.1) is 20.1 Å². The maximum absolute atomic E-state index is 12.3. The second-order valence-electron chi connectivity index (χ2n) is 6.33. The van der Waals surface area contributed by atoms with Gasteiger partial charge in [0.15, 0.2) is 0 Å². The molecule has 0 radical (unpaired) electrons. The van der Waals surface area contributed by atoms with E-state index in [0.717, 1.165) is 33.7 Å². The highest BCUT2D eigenvalue weighted by Crippen LogP contribution is 2.23. The maximum atomic E-state index is 12.3. The molecule has 5 nitrogen and oxygen atoms in total. The Morgan fingerprint density at radius 3 is 2.54 bits per heavy atom. The molecule has 2 aromatic carbocycles. The molecule has 0 fully saturated rings. The number of hydrogen-bond acceptors (Lipinski definition) is 3. The molecule has 0 bridgehead atoms. The van der Waals surface area contributed by atoms with Gasteiger partial charge in [0.25, 0.3) is 0 Å². The van der Waals surface area contributed by atoms with Gasteiger partial charge in [0, 0.05) is 16.6 Å². The van der Waals surface area contributed by atoms with Crippen molar-refractivity contribution in [3.8, 4) is 11.5 Å². The molecule has 0 atom stereocenters. The number of methoxy groups -OCH3 is 1. The first-order valence-electron chi connectivity index (χ1n) is 8.68. The Kier molecular flexibility index (Phi) is 5.46. The zero-order chi connectivity index (χ0) is 18.5. The van der Waals surface area contributed by atoms with Crippen molar-refractivity contribution in [1.82, 2.24) is 10.3 Å². The highest BCUT2D eigenvalue weighted by Gasteiger charge is 2.12. The number of carbonyl (C=O) groups is 1. The molecule has 0 saturated heterocycles. The summed E-state index contributed by atoms with van der Waals surface area (Å²) in [5.41, 5.74) is 4.34. The summed E-state index contributed by atoms with van der Waals surface area (Å²) in [6, 6.07) is 13.6. The number of fused-ring (bicyclic) bond motifs is 1. The minimum Gasteiger partial charge on any atom is -0.497 e. The molecule has 0 aliphatic carbocycles. The van der Waals surface area contributed by atoms with Crippen molar-refractivity contribution in [3.63, 3.8) is 0 Å². The largest absolute Gasteiger partial charge is 0.497 e. The second kappa shape index (κ2) is 7.95. The Morgan fingerprint density at radius 2 is 1.81 bits per heavy atom. The molecule has 26 heavy (non-hydrogen) atoms. The Labute approximate surface area is 153 Å². The van der Waals surface area contributed by atoms with E-state index in [1.54, 1.807) is 7.11 Å². The molecule has 0 unspecified atom stereocenters. The SMILES string of the molecule is COc1ccc(OCCNC(=O)Cc2c(C)[nH]c3ccc(C)cc23)cc1. The van der Waals surface area contributed by atoms with Crippen LogP contribution in [-0.4, -0.2) is 31.2 Å². The number of rotatable bonds is 7. The first kappa shape index (κ1) is 17.9. The number of amides is 1. The van der Waals surface area contributed by atoms with Crippen LogP contribution in [0.15, 0.2) is 42.5 Å². The number of H-pyrrole nitrogens is 1. The highest BCUT2D eigenvalue weighted by atomic mass is 16.5. The second-order valence-corrected chi connectivity index (χ2v) is 6.33. The van der Waals surface area contributed by atoms with E-state index in [2.05, 4.69) is 35.4 Å². The van der Waals surface area contributed by atoms with Gasteiger partial charge in [-0.25, -0.2) is 0 Å². The molecule has 0 aliphatic heterocycles. The van der Waals surface area contributed by atoms with E-state index in [4.69, 9.17) is 9.47 Å². The van der Waals surface area contributed by atoms with Crippen molar-refractivity contribution < 1.29 is 14.3 Å². The molecule has 1 aromatic heterocycles.